The molecule has 4 rings (SSSR count). The second-order valence-electron chi connectivity index (χ2n) is 6.97. The first-order valence-electron chi connectivity index (χ1n) is 9.35. The van der Waals surface area contributed by atoms with Crippen molar-refractivity contribution < 1.29 is 4.79 Å². The fourth-order valence-electron chi connectivity index (χ4n) is 3.62. The topological polar surface area (TPSA) is 75.9 Å². The summed E-state index contributed by atoms with van der Waals surface area (Å²) in [5.41, 5.74) is 0.844. The number of nitrogens with zero attached hydrogens (tertiary/aromatic N) is 4. The van der Waals surface area contributed by atoms with Gasteiger partial charge in [0.1, 0.15) is 5.69 Å². The minimum absolute atomic E-state index is 0.104. The molecular formula is C20H23N5O2. The number of aryl methyl sites for hydroxylation is 1. The smallest absolute Gasteiger partial charge is 0.271 e. The van der Waals surface area contributed by atoms with Gasteiger partial charge in [0.2, 0.25) is 0 Å². The average Bonchev–Trinajstić information content (AvgIpc) is 3.36. The van der Waals surface area contributed by atoms with Gasteiger partial charge < -0.3 is 4.90 Å². The summed E-state index contributed by atoms with van der Waals surface area (Å²) in [4.78, 5) is 26.8. The zero-order valence-corrected chi connectivity index (χ0v) is 15.1. The van der Waals surface area contributed by atoms with Crippen LogP contribution in [0.1, 0.15) is 29.8 Å². The van der Waals surface area contributed by atoms with Crippen molar-refractivity contribution in [1.82, 2.24) is 24.5 Å². The lowest BCUT2D eigenvalue weighted by molar-refractivity contribution is 0.0678. The van der Waals surface area contributed by atoms with Crippen molar-refractivity contribution in [1.29, 1.82) is 0 Å². The molecule has 7 heteroatoms. The van der Waals surface area contributed by atoms with Crippen LogP contribution in [0.3, 0.4) is 0 Å². The number of aromatic amines is 1. The van der Waals surface area contributed by atoms with Gasteiger partial charge in [0.05, 0.1) is 5.69 Å². The van der Waals surface area contributed by atoms with Crippen molar-refractivity contribution in [2.24, 2.45) is 5.92 Å². The predicted octanol–water partition coefficient (Wildman–Crippen LogP) is 2.30. The number of piperidine rings is 1. The summed E-state index contributed by atoms with van der Waals surface area (Å²) in [6, 6.07) is 12.6. The monoisotopic (exact) mass is 365 g/mol. The standard InChI is InChI=1S/C20H23N5O2/c26-19-15-18(22-25(19)17-5-2-1-3-6-17)20(27)23-12-7-16(8-13-23)9-14-24-11-4-10-21-24/h1-6,10-11,15-16,22H,7-9,12-14H2. The van der Waals surface area contributed by atoms with Crippen LogP contribution in [0.25, 0.3) is 5.69 Å². The molecule has 0 atom stereocenters. The van der Waals surface area contributed by atoms with Crippen LogP contribution < -0.4 is 5.56 Å². The van der Waals surface area contributed by atoms with Crippen molar-refractivity contribution in [2.75, 3.05) is 13.1 Å². The minimum Gasteiger partial charge on any atom is -0.337 e. The predicted molar refractivity (Wildman–Crippen MR) is 102 cm³/mol. The number of nitrogens with one attached hydrogen (secondary N) is 1. The molecule has 0 spiro atoms. The number of hydrogen-bond donors (Lipinski definition) is 1. The lowest BCUT2D eigenvalue weighted by Gasteiger charge is -2.31. The molecule has 1 aliphatic heterocycles. The summed E-state index contributed by atoms with van der Waals surface area (Å²) in [7, 11) is 0. The summed E-state index contributed by atoms with van der Waals surface area (Å²) in [6.45, 7) is 2.36. The maximum absolute atomic E-state index is 12.8. The number of amides is 1. The molecule has 1 fully saturated rings. The molecule has 2 aromatic heterocycles. The molecule has 3 heterocycles. The van der Waals surface area contributed by atoms with E-state index in [-0.39, 0.29) is 11.5 Å². The van der Waals surface area contributed by atoms with Crippen molar-refractivity contribution in [3.05, 3.63) is 70.9 Å². The van der Waals surface area contributed by atoms with E-state index in [9.17, 15) is 9.59 Å². The van der Waals surface area contributed by atoms with Crippen LogP contribution in [0.2, 0.25) is 0 Å². The first-order chi connectivity index (χ1) is 13.2. The summed E-state index contributed by atoms with van der Waals surface area (Å²) >= 11 is 0. The number of para-hydroxylation sites is 1. The number of carbonyl (C=O) groups excluding carboxylic acids is 1. The summed E-state index contributed by atoms with van der Waals surface area (Å²) in [5.74, 6) is 0.499. The Kier molecular flexibility index (Phi) is 4.91. The third-order valence-corrected chi connectivity index (χ3v) is 5.19. The summed E-state index contributed by atoms with van der Waals surface area (Å²) in [5, 5.41) is 7.19. The molecule has 7 nitrogen and oxygen atoms in total. The SMILES string of the molecule is O=C(c1cc(=O)n(-c2ccccc2)[nH]1)N1CCC(CCn2cccn2)CC1. The van der Waals surface area contributed by atoms with E-state index < -0.39 is 0 Å². The van der Waals surface area contributed by atoms with Crippen molar-refractivity contribution in [3.8, 4) is 5.69 Å². The number of aromatic nitrogens is 4. The van der Waals surface area contributed by atoms with Gasteiger partial charge in [0, 0.05) is 38.1 Å². The van der Waals surface area contributed by atoms with E-state index in [2.05, 4.69) is 10.2 Å². The van der Waals surface area contributed by atoms with Crippen molar-refractivity contribution >= 4 is 5.91 Å². The van der Waals surface area contributed by atoms with Crippen molar-refractivity contribution in [2.45, 2.75) is 25.8 Å². The van der Waals surface area contributed by atoms with E-state index in [0.717, 1.165) is 44.6 Å². The van der Waals surface area contributed by atoms with Crippen LogP contribution in [0.5, 0.6) is 0 Å². The lowest BCUT2D eigenvalue weighted by atomic mass is 9.93. The third kappa shape index (κ3) is 3.86. The van der Waals surface area contributed by atoms with Crippen LogP contribution in [0, 0.1) is 5.92 Å². The third-order valence-electron chi connectivity index (χ3n) is 5.19. The van der Waals surface area contributed by atoms with Gasteiger partial charge >= 0.3 is 0 Å². The van der Waals surface area contributed by atoms with E-state index in [1.165, 1.54) is 10.7 Å². The molecule has 1 N–H and O–H groups in total. The Labute approximate surface area is 157 Å². The molecule has 0 radical (unpaired) electrons. The molecule has 27 heavy (non-hydrogen) atoms. The fraction of sp³-hybridized carbons (Fsp3) is 0.350. The number of likely N-dealkylation sites (tertiary alicyclic amines) is 1. The van der Waals surface area contributed by atoms with E-state index in [0.29, 0.717) is 11.6 Å². The molecular weight excluding hydrogens is 342 g/mol. The van der Waals surface area contributed by atoms with E-state index in [1.807, 2.05) is 52.2 Å². The van der Waals surface area contributed by atoms with Crippen molar-refractivity contribution in [3.63, 3.8) is 0 Å². The minimum atomic E-state index is -0.223. The van der Waals surface area contributed by atoms with E-state index in [4.69, 9.17) is 0 Å². The molecule has 0 saturated carbocycles. The number of H-pyrrole nitrogens is 1. The highest BCUT2D eigenvalue weighted by molar-refractivity contribution is 5.92. The highest BCUT2D eigenvalue weighted by Gasteiger charge is 2.25. The molecule has 0 unspecified atom stereocenters. The molecule has 0 bridgehead atoms. The molecule has 1 amide bonds. The highest BCUT2D eigenvalue weighted by Crippen LogP contribution is 2.22. The van der Waals surface area contributed by atoms with E-state index in [1.54, 1.807) is 6.20 Å². The van der Waals surface area contributed by atoms with Gasteiger partial charge in [0.25, 0.3) is 11.5 Å². The van der Waals surface area contributed by atoms with Gasteiger partial charge in [-0.15, -0.1) is 0 Å². The average molecular weight is 365 g/mol. The van der Waals surface area contributed by atoms with Gasteiger partial charge in [-0.3, -0.25) is 19.4 Å². The Morgan fingerprint density at radius 1 is 1.15 bits per heavy atom. The maximum Gasteiger partial charge on any atom is 0.271 e. The zero-order valence-electron chi connectivity index (χ0n) is 15.1. The number of hydrogen-bond acceptors (Lipinski definition) is 3. The Morgan fingerprint density at radius 3 is 2.63 bits per heavy atom. The van der Waals surface area contributed by atoms with Crippen LogP contribution in [0.15, 0.2) is 59.7 Å². The number of carbonyl (C=O) groups is 1. The Bertz CT molecular complexity index is 934. The summed E-state index contributed by atoms with van der Waals surface area (Å²) in [6.07, 6.45) is 6.81. The molecule has 1 aliphatic rings. The Balaban J connectivity index is 1.36. The second kappa shape index (κ2) is 7.65. The summed E-state index contributed by atoms with van der Waals surface area (Å²) < 4.78 is 3.36. The van der Waals surface area contributed by atoms with Gasteiger partial charge in [-0.1, -0.05) is 18.2 Å². The van der Waals surface area contributed by atoms with Gasteiger partial charge in [-0.25, -0.2) is 4.68 Å². The zero-order chi connectivity index (χ0) is 18.6. The quantitative estimate of drug-likeness (QED) is 0.754. The molecule has 140 valence electrons. The second-order valence-corrected chi connectivity index (χ2v) is 6.97. The van der Waals surface area contributed by atoms with E-state index >= 15 is 0 Å². The van der Waals surface area contributed by atoms with Crippen LogP contribution in [-0.4, -0.2) is 43.5 Å². The molecule has 0 aliphatic carbocycles. The van der Waals surface area contributed by atoms with Gasteiger partial charge in [-0.2, -0.15) is 5.10 Å². The maximum atomic E-state index is 12.8. The number of benzene rings is 1. The molecule has 1 aromatic carbocycles. The van der Waals surface area contributed by atoms with Crippen LogP contribution in [0.4, 0.5) is 0 Å². The Morgan fingerprint density at radius 2 is 1.93 bits per heavy atom. The van der Waals surface area contributed by atoms with Crippen LogP contribution in [-0.2, 0) is 6.54 Å². The van der Waals surface area contributed by atoms with Gasteiger partial charge in [-0.05, 0) is 43.4 Å². The lowest BCUT2D eigenvalue weighted by Crippen LogP contribution is -2.39. The fourth-order valence-corrected chi connectivity index (χ4v) is 3.62. The highest BCUT2D eigenvalue weighted by atomic mass is 16.2. The number of rotatable bonds is 5. The van der Waals surface area contributed by atoms with Gasteiger partial charge in [0.15, 0.2) is 0 Å². The normalized spacial score (nSPS) is 15.2. The first kappa shape index (κ1) is 17.3. The first-order valence-corrected chi connectivity index (χ1v) is 9.35. The van der Waals surface area contributed by atoms with Crippen LogP contribution >= 0.6 is 0 Å². The molecule has 1 saturated heterocycles. The Hall–Kier alpha value is -3.09. The largest absolute Gasteiger partial charge is 0.337 e. The molecule has 3 aromatic rings.